The summed E-state index contributed by atoms with van der Waals surface area (Å²) in [7, 11) is 0. The molecule has 1 aliphatic carbocycles. The summed E-state index contributed by atoms with van der Waals surface area (Å²) in [5.74, 6) is -0.646. The molecule has 6 nitrogen and oxygen atoms in total. The van der Waals surface area contributed by atoms with Crippen LogP contribution in [0.4, 0.5) is 5.95 Å². The van der Waals surface area contributed by atoms with E-state index in [1.165, 1.54) is 12.3 Å². The van der Waals surface area contributed by atoms with Crippen LogP contribution in [-0.4, -0.2) is 27.1 Å². The van der Waals surface area contributed by atoms with Gasteiger partial charge in [0, 0.05) is 12.2 Å². The van der Waals surface area contributed by atoms with Gasteiger partial charge in [0.25, 0.3) is 0 Å². The van der Waals surface area contributed by atoms with Gasteiger partial charge >= 0.3 is 5.97 Å². The van der Waals surface area contributed by atoms with Gasteiger partial charge in [-0.3, -0.25) is 4.79 Å². The summed E-state index contributed by atoms with van der Waals surface area (Å²) >= 11 is 0. The van der Waals surface area contributed by atoms with Crippen molar-refractivity contribution in [2.24, 2.45) is 5.92 Å². The molecule has 0 radical (unpaired) electrons. The zero-order valence-electron chi connectivity index (χ0n) is 9.13. The van der Waals surface area contributed by atoms with Crippen LogP contribution in [0, 0.1) is 17.2 Å². The summed E-state index contributed by atoms with van der Waals surface area (Å²) in [5.41, 5.74) is 0.301. The van der Waals surface area contributed by atoms with Gasteiger partial charge in [0.05, 0.1) is 5.92 Å². The van der Waals surface area contributed by atoms with Gasteiger partial charge in [-0.15, -0.1) is 0 Å². The molecule has 1 aromatic heterocycles. The van der Waals surface area contributed by atoms with Crippen LogP contribution >= 0.6 is 0 Å². The van der Waals surface area contributed by atoms with Crippen molar-refractivity contribution < 1.29 is 9.90 Å². The summed E-state index contributed by atoms with van der Waals surface area (Å²) in [6, 6.07) is 3.54. The number of aliphatic carboxylic acids is 1. The zero-order valence-corrected chi connectivity index (χ0v) is 9.13. The second-order valence-corrected chi connectivity index (χ2v) is 4.07. The van der Waals surface area contributed by atoms with Crippen LogP contribution < -0.4 is 5.32 Å². The Bertz CT molecular complexity index is 469. The van der Waals surface area contributed by atoms with Crippen LogP contribution in [0.25, 0.3) is 0 Å². The molecule has 1 aliphatic rings. The van der Waals surface area contributed by atoms with Crippen molar-refractivity contribution in [3.63, 3.8) is 0 Å². The van der Waals surface area contributed by atoms with Crippen molar-refractivity contribution in [2.75, 3.05) is 5.32 Å². The highest BCUT2D eigenvalue weighted by Crippen LogP contribution is 2.27. The first-order valence-corrected chi connectivity index (χ1v) is 5.41. The van der Waals surface area contributed by atoms with E-state index in [2.05, 4.69) is 15.3 Å². The summed E-state index contributed by atoms with van der Waals surface area (Å²) in [5, 5.41) is 20.6. The molecule has 0 aliphatic heterocycles. The van der Waals surface area contributed by atoms with Gasteiger partial charge in [-0.2, -0.15) is 5.26 Å². The van der Waals surface area contributed by atoms with Crippen LogP contribution in [0.15, 0.2) is 12.3 Å². The van der Waals surface area contributed by atoms with E-state index in [-0.39, 0.29) is 12.0 Å². The molecule has 0 spiro atoms. The molecule has 17 heavy (non-hydrogen) atoms. The van der Waals surface area contributed by atoms with E-state index in [1.807, 2.05) is 6.07 Å². The normalized spacial score (nSPS) is 23.0. The predicted molar refractivity (Wildman–Crippen MR) is 59.1 cm³/mol. The Labute approximate surface area is 98.3 Å². The third-order valence-corrected chi connectivity index (χ3v) is 2.89. The minimum absolute atomic E-state index is 0.0741. The molecule has 2 rings (SSSR count). The van der Waals surface area contributed by atoms with E-state index in [9.17, 15) is 4.79 Å². The Balaban J connectivity index is 1.98. The fraction of sp³-hybridized carbons (Fsp3) is 0.455. The van der Waals surface area contributed by atoms with Crippen molar-refractivity contribution in [1.29, 1.82) is 5.26 Å². The standard InChI is InChI=1S/C11H12N4O2/c12-6-9-3-4-13-11(15-9)14-8-2-1-7(5-8)10(16)17/h3-4,7-8H,1-2,5H2,(H,16,17)(H,13,14,15)/t7-,8+/m1/s1. The number of hydrogen-bond donors (Lipinski definition) is 2. The topological polar surface area (TPSA) is 98.9 Å². The first kappa shape index (κ1) is 11.3. The van der Waals surface area contributed by atoms with Gasteiger partial charge in [-0.1, -0.05) is 0 Å². The maximum absolute atomic E-state index is 10.8. The first-order valence-electron chi connectivity index (χ1n) is 5.41. The summed E-state index contributed by atoms with van der Waals surface area (Å²) < 4.78 is 0. The van der Waals surface area contributed by atoms with Crippen LogP contribution in [0.2, 0.25) is 0 Å². The smallest absolute Gasteiger partial charge is 0.306 e. The molecule has 0 bridgehead atoms. The quantitative estimate of drug-likeness (QED) is 0.807. The van der Waals surface area contributed by atoms with Gasteiger partial charge < -0.3 is 10.4 Å². The number of nitrogens with zero attached hydrogens (tertiary/aromatic N) is 3. The van der Waals surface area contributed by atoms with Gasteiger partial charge in [0.15, 0.2) is 0 Å². The molecule has 6 heteroatoms. The summed E-state index contributed by atoms with van der Waals surface area (Å²) in [4.78, 5) is 18.8. The lowest BCUT2D eigenvalue weighted by Gasteiger charge is -2.11. The second-order valence-electron chi connectivity index (χ2n) is 4.07. The minimum atomic E-state index is -0.749. The van der Waals surface area contributed by atoms with Crippen LogP contribution in [-0.2, 0) is 4.79 Å². The second kappa shape index (κ2) is 4.78. The van der Waals surface area contributed by atoms with E-state index in [4.69, 9.17) is 10.4 Å². The maximum Gasteiger partial charge on any atom is 0.306 e. The van der Waals surface area contributed by atoms with Gasteiger partial charge in [-0.05, 0) is 25.3 Å². The largest absolute Gasteiger partial charge is 0.481 e. The highest BCUT2D eigenvalue weighted by molar-refractivity contribution is 5.70. The van der Waals surface area contributed by atoms with E-state index in [0.29, 0.717) is 24.5 Å². The number of nitriles is 1. The molecular weight excluding hydrogens is 220 g/mol. The number of nitrogens with one attached hydrogen (secondary N) is 1. The van der Waals surface area contributed by atoms with Crippen molar-refractivity contribution in [2.45, 2.75) is 25.3 Å². The lowest BCUT2D eigenvalue weighted by molar-refractivity contribution is -0.141. The molecule has 2 N–H and O–H groups in total. The lowest BCUT2D eigenvalue weighted by atomic mass is 10.1. The van der Waals surface area contributed by atoms with Crippen LogP contribution in [0.3, 0.4) is 0 Å². The molecule has 1 heterocycles. The fourth-order valence-corrected chi connectivity index (χ4v) is 2.01. The van der Waals surface area contributed by atoms with Crippen molar-refractivity contribution in [3.05, 3.63) is 18.0 Å². The Morgan fingerprint density at radius 3 is 3.06 bits per heavy atom. The molecule has 0 aromatic carbocycles. The molecule has 1 fully saturated rings. The highest BCUT2D eigenvalue weighted by atomic mass is 16.4. The number of aromatic nitrogens is 2. The van der Waals surface area contributed by atoms with Gasteiger partial charge in [0.1, 0.15) is 11.8 Å². The van der Waals surface area contributed by atoms with E-state index in [0.717, 1.165) is 6.42 Å². The number of anilines is 1. The molecule has 2 atom stereocenters. The van der Waals surface area contributed by atoms with E-state index >= 15 is 0 Å². The average molecular weight is 232 g/mol. The number of carbonyl (C=O) groups is 1. The van der Waals surface area contributed by atoms with Gasteiger partial charge in [0.2, 0.25) is 5.95 Å². The molecular formula is C11H12N4O2. The predicted octanol–water partition coefficient (Wildman–Crippen LogP) is 1.01. The SMILES string of the molecule is N#Cc1ccnc(N[C@H]2CC[C@@H](C(=O)O)C2)n1. The van der Waals surface area contributed by atoms with Crippen molar-refractivity contribution in [1.82, 2.24) is 9.97 Å². The van der Waals surface area contributed by atoms with E-state index < -0.39 is 5.97 Å². The molecule has 1 aromatic rings. The molecule has 0 amide bonds. The van der Waals surface area contributed by atoms with E-state index in [1.54, 1.807) is 0 Å². The Hall–Kier alpha value is -2.16. The van der Waals surface area contributed by atoms with Gasteiger partial charge in [-0.25, -0.2) is 9.97 Å². The first-order chi connectivity index (χ1) is 8.19. The Kier molecular flexibility index (Phi) is 3.19. The maximum atomic E-state index is 10.8. The third kappa shape index (κ3) is 2.69. The lowest BCUT2D eigenvalue weighted by Crippen LogP contribution is -2.19. The number of hydrogen-bond acceptors (Lipinski definition) is 5. The average Bonchev–Trinajstić information content (AvgIpc) is 2.78. The highest BCUT2D eigenvalue weighted by Gasteiger charge is 2.29. The third-order valence-electron chi connectivity index (χ3n) is 2.89. The van der Waals surface area contributed by atoms with Crippen molar-refractivity contribution in [3.8, 4) is 6.07 Å². The molecule has 0 saturated heterocycles. The summed E-state index contributed by atoms with van der Waals surface area (Å²) in [6.07, 6.45) is 3.55. The molecule has 88 valence electrons. The number of rotatable bonds is 3. The minimum Gasteiger partial charge on any atom is -0.481 e. The molecule has 1 saturated carbocycles. The molecule has 0 unspecified atom stereocenters. The fourth-order valence-electron chi connectivity index (χ4n) is 2.01. The van der Waals surface area contributed by atoms with Crippen LogP contribution in [0.5, 0.6) is 0 Å². The Morgan fingerprint density at radius 2 is 2.41 bits per heavy atom. The summed E-state index contributed by atoms with van der Waals surface area (Å²) in [6.45, 7) is 0. The monoisotopic (exact) mass is 232 g/mol. The number of carboxylic acid groups (broad SMARTS) is 1. The zero-order chi connectivity index (χ0) is 12.3. The van der Waals surface area contributed by atoms with Crippen molar-refractivity contribution >= 4 is 11.9 Å². The Morgan fingerprint density at radius 1 is 1.59 bits per heavy atom. The van der Waals surface area contributed by atoms with Crippen LogP contribution in [0.1, 0.15) is 25.0 Å². The number of carboxylic acids is 1.